The number of nitro benzene ring substituents is 1. The van der Waals surface area contributed by atoms with Gasteiger partial charge in [-0.15, -0.1) is 0 Å². The van der Waals surface area contributed by atoms with Crippen LogP contribution in [0.5, 0.6) is 5.75 Å². The predicted octanol–water partition coefficient (Wildman–Crippen LogP) is 2.54. The van der Waals surface area contributed by atoms with E-state index < -0.39 is 34.9 Å². The van der Waals surface area contributed by atoms with Crippen molar-refractivity contribution >= 4 is 23.3 Å². The number of carbonyl (C=O) groups is 2. The van der Waals surface area contributed by atoms with E-state index in [1.54, 1.807) is 13.0 Å². The fraction of sp³-hybridized carbons (Fsp3) is 0.125. The topological polar surface area (TPSA) is 119 Å². The second-order valence-electron chi connectivity index (χ2n) is 5.07. The number of phenols is 1. The zero-order chi connectivity index (χ0) is 18.6. The number of halogens is 1. The molecule has 0 fully saturated rings. The van der Waals surface area contributed by atoms with Crippen molar-refractivity contribution in [3.8, 4) is 5.75 Å². The van der Waals surface area contributed by atoms with Gasteiger partial charge in [-0.25, -0.2) is 4.79 Å². The minimum absolute atomic E-state index is 0.0208. The van der Waals surface area contributed by atoms with Crippen LogP contribution in [0.25, 0.3) is 0 Å². The van der Waals surface area contributed by atoms with Crippen LogP contribution in [-0.4, -0.2) is 28.5 Å². The standard InChI is InChI=1S/C16H13FN2O6/c1-9-2-5-14(20)11(6-9)16(22)25-8-15(21)18-10-3-4-12(17)13(7-10)19(23)24/h2-7,20H,8H2,1H3,(H,18,21). The summed E-state index contributed by atoms with van der Waals surface area (Å²) in [4.78, 5) is 33.3. The molecule has 9 heteroatoms. The van der Waals surface area contributed by atoms with Gasteiger partial charge in [-0.2, -0.15) is 4.39 Å². The molecule has 0 saturated carbocycles. The molecule has 0 radical (unpaired) electrons. The molecule has 8 nitrogen and oxygen atoms in total. The lowest BCUT2D eigenvalue weighted by Gasteiger charge is -2.08. The molecule has 2 N–H and O–H groups in total. The number of hydrogen-bond donors (Lipinski definition) is 2. The molecule has 2 rings (SSSR count). The van der Waals surface area contributed by atoms with Crippen molar-refractivity contribution in [3.63, 3.8) is 0 Å². The number of benzene rings is 2. The molecular formula is C16H13FN2O6. The SMILES string of the molecule is Cc1ccc(O)c(C(=O)OCC(=O)Nc2ccc(F)c([N+](=O)[O-])c2)c1. The molecule has 1 amide bonds. The van der Waals surface area contributed by atoms with E-state index in [1.165, 1.54) is 12.1 Å². The Hall–Kier alpha value is -3.49. The first kappa shape index (κ1) is 17.9. The third-order valence-corrected chi connectivity index (χ3v) is 3.13. The van der Waals surface area contributed by atoms with Gasteiger partial charge in [0.25, 0.3) is 5.91 Å². The summed E-state index contributed by atoms with van der Waals surface area (Å²) in [5.74, 6) is -3.00. The van der Waals surface area contributed by atoms with Crippen LogP contribution in [0.1, 0.15) is 15.9 Å². The number of nitrogens with zero attached hydrogens (tertiary/aromatic N) is 1. The van der Waals surface area contributed by atoms with E-state index in [4.69, 9.17) is 4.74 Å². The fourth-order valence-electron chi connectivity index (χ4n) is 1.95. The minimum atomic E-state index is -1.04. The molecule has 0 saturated heterocycles. The fourth-order valence-corrected chi connectivity index (χ4v) is 1.95. The van der Waals surface area contributed by atoms with Gasteiger partial charge in [0.1, 0.15) is 11.3 Å². The molecule has 0 aromatic heterocycles. The highest BCUT2D eigenvalue weighted by atomic mass is 19.1. The van der Waals surface area contributed by atoms with Crippen molar-refractivity contribution in [1.29, 1.82) is 0 Å². The van der Waals surface area contributed by atoms with Crippen molar-refractivity contribution in [2.45, 2.75) is 6.92 Å². The molecular weight excluding hydrogens is 335 g/mol. The average molecular weight is 348 g/mol. The molecule has 0 aliphatic rings. The first-order valence-electron chi connectivity index (χ1n) is 6.98. The van der Waals surface area contributed by atoms with E-state index in [-0.39, 0.29) is 17.0 Å². The highest BCUT2D eigenvalue weighted by molar-refractivity contribution is 5.96. The first-order chi connectivity index (χ1) is 11.8. The summed E-state index contributed by atoms with van der Waals surface area (Å²) in [6.07, 6.45) is 0. The Kier molecular flexibility index (Phi) is 5.28. The van der Waals surface area contributed by atoms with Gasteiger partial charge in [-0.05, 0) is 31.2 Å². The largest absolute Gasteiger partial charge is 0.507 e. The van der Waals surface area contributed by atoms with Gasteiger partial charge in [-0.1, -0.05) is 11.6 Å². The number of aromatic hydroxyl groups is 1. The summed E-state index contributed by atoms with van der Waals surface area (Å²) in [6.45, 7) is 1.03. The number of ether oxygens (including phenoxy) is 1. The number of nitro groups is 1. The van der Waals surface area contributed by atoms with Gasteiger partial charge in [0.15, 0.2) is 6.61 Å². The number of carbonyl (C=O) groups excluding carboxylic acids is 2. The van der Waals surface area contributed by atoms with Gasteiger partial charge in [0.05, 0.1) is 4.92 Å². The first-order valence-corrected chi connectivity index (χ1v) is 6.98. The number of amides is 1. The molecule has 0 heterocycles. The summed E-state index contributed by atoms with van der Waals surface area (Å²) in [7, 11) is 0. The lowest BCUT2D eigenvalue weighted by molar-refractivity contribution is -0.387. The quantitative estimate of drug-likeness (QED) is 0.487. The Morgan fingerprint density at radius 2 is 2.00 bits per heavy atom. The van der Waals surface area contributed by atoms with E-state index in [0.29, 0.717) is 5.56 Å². The number of anilines is 1. The second-order valence-corrected chi connectivity index (χ2v) is 5.07. The Balaban J connectivity index is 1.99. The lowest BCUT2D eigenvalue weighted by Crippen LogP contribution is -2.21. The third-order valence-electron chi connectivity index (χ3n) is 3.13. The van der Waals surface area contributed by atoms with E-state index in [1.807, 2.05) is 0 Å². The van der Waals surface area contributed by atoms with Gasteiger partial charge in [-0.3, -0.25) is 14.9 Å². The molecule has 0 aliphatic heterocycles. The van der Waals surface area contributed by atoms with Gasteiger partial charge < -0.3 is 15.2 Å². The highest BCUT2D eigenvalue weighted by Crippen LogP contribution is 2.22. The lowest BCUT2D eigenvalue weighted by atomic mass is 10.1. The Morgan fingerprint density at radius 1 is 1.28 bits per heavy atom. The molecule has 0 unspecified atom stereocenters. The van der Waals surface area contributed by atoms with Crippen LogP contribution in [0.2, 0.25) is 0 Å². The van der Waals surface area contributed by atoms with Crippen molar-refractivity contribution in [2.75, 3.05) is 11.9 Å². The number of hydrogen-bond acceptors (Lipinski definition) is 6. The second kappa shape index (κ2) is 7.39. The van der Waals surface area contributed by atoms with Gasteiger partial charge in [0, 0.05) is 11.8 Å². The number of aryl methyl sites for hydroxylation is 1. The van der Waals surface area contributed by atoms with Gasteiger partial charge in [0.2, 0.25) is 5.82 Å². The summed E-state index contributed by atoms with van der Waals surface area (Å²) in [5.41, 5.74) is -0.190. The summed E-state index contributed by atoms with van der Waals surface area (Å²) in [5, 5.41) is 22.5. The van der Waals surface area contributed by atoms with E-state index in [0.717, 1.165) is 18.2 Å². The molecule has 0 atom stereocenters. The van der Waals surface area contributed by atoms with Crippen LogP contribution >= 0.6 is 0 Å². The van der Waals surface area contributed by atoms with Gasteiger partial charge >= 0.3 is 11.7 Å². The normalized spacial score (nSPS) is 10.2. The van der Waals surface area contributed by atoms with Crippen molar-refractivity contribution in [2.24, 2.45) is 0 Å². The monoisotopic (exact) mass is 348 g/mol. The Bertz CT molecular complexity index is 853. The molecule has 25 heavy (non-hydrogen) atoms. The smallest absolute Gasteiger partial charge is 0.342 e. The Morgan fingerprint density at radius 3 is 2.68 bits per heavy atom. The van der Waals surface area contributed by atoms with Crippen molar-refractivity contribution in [3.05, 3.63) is 63.5 Å². The van der Waals surface area contributed by atoms with Crippen LogP contribution < -0.4 is 5.32 Å². The zero-order valence-electron chi connectivity index (χ0n) is 13.0. The maximum absolute atomic E-state index is 13.2. The summed E-state index contributed by atoms with van der Waals surface area (Å²) >= 11 is 0. The zero-order valence-corrected chi connectivity index (χ0v) is 13.0. The maximum Gasteiger partial charge on any atom is 0.342 e. The number of rotatable bonds is 5. The molecule has 2 aromatic rings. The minimum Gasteiger partial charge on any atom is -0.507 e. The maximum atomic E-state index is 13.2. The van der Waals surface area contributed by atoms with Crippen molar-refractivity contribution < 1.29 is 28.7 Å². The molecule has 2 aromatic carbocycles. The van der Waals surface area contributed by atoms with E-state index in [2.05, 4.69) is 5.32 Å². The number of nitrogens with one attached hydrogen (secondary N) is 1. The number of phenolic OH excluding ortho intramolecular Hbond substituents is 1. The van der Waals surface area contributed by atoms with E-state index >= 15 is 0 Å². The molecule has 0 spiro atoms. The van der Waals surface area contributed by atoms with Crippen LogP contribution in [-0.2, 0) is 9.53 Å². The summed E-state index contributed by atoms with van der Waals surface area (Å²) in [6, 6.07) is 7.14. The molecule has 0 bridgehead atoms. The number of esters is 1. The van der Waals surface area contributed by atoms with Crippen LogP contribution in [0.15, 0.2) is 36.4 Å². The summed E-state index contributed by atoms with van der Waals surface area (Å²) < 4.78 is 18.0. The molecule has 130 valence electrons. The molecule has 0 aliphatic carbocycles. The van der Waals surface area contributed by atoms with Crippen LogP contribution in [0.4, 0.5) is 15.8 Å². The Labute approximate surface area is 141 Å². The van der Waals surface area contributed by atoms with Crippen molar-refractivity contribution in [1.82, 2.24) is 0 Å². The highest BCUT2D eigenvalue weighted by Gasteiger charge is 2.17. The van der Waals surface area contributed by atoms with Crippen LogP contribution in [0, 0.1) is 22.9 Å². The average Bonchev–Trinajstić information content (AvgIpc) is 2.56. The van der Waals surface area contributed by atoms with E-state index in [9.17, 15) is 29.2 Å². The third kappa shape index (κ3) is 4.50. The van der Waals surface area contributed by atoms with Crippen LogP contribution in [0.3, 0.4) is 0 Å². The predicted molar refractivity (Wildman–Crippen MR) is 84.8 cm³/mol.